The molecule has 0 spiro atoms. The molecule has 0 aliphatic rings. The molecule has 4 heteroatoms. The Kier molecular flexibility index (Phi) is 2.84. The van der Waals surface area contributed by atoms with Crippen molar-refractivity contribution in [3.8, 4) is 11.8 Å². The number of aromatic nitrogens is 2. The Labute approximate surface area is 99.4 Å². The molecule has 2 rings (SSSR count). The molecule has 0 saturated carbocycles. The Morgan fingerprint density at radius 3 is 2.29 bits per heavy atom. The van der Waals surface area contributed by atoms with Gasteiger partial charge in [0.25, 0.3) is 0 Å². The lowest BCUT2D eigenvalue weighted by molar-refractivity contribution is 0.574. The fraction of sp³-hybridized carbons (Fsp3) is 0.231. The third-order valence-electron chi connectivity index (χ3n) is 2.63. The van der Waals surface area contributed by atoms with Crippen molar-refractivity contribution < 1.29 is 0 Å². The predicted octanol–water partition coefficient (Wildman–Crippen LogP) is 2.09. The Balaban J connectivity index is 2.47. The van der Waals surface area contributed by atoms with Gasteiger partial charge < -0.3 is 0 Å². The molecule has 1 heterocycles. The molecule has 2 aromatic rings. The molecule has 4 nitrogen and oxygen atoms in total. The molecule has 0 aliphatic carbocycles. The molecule has 86 valence electrons. The summed E-state index contributed by atoms with van der Waals surface area (Å²) in [6.45, 7) is 3.93. The van der Waals surface area contributed by atoms with Crippen molar-refractivity contribution in [3.63, 3.8) is 0 Å². The van der Waals surface area contributed by atoms with Gasteiger partial charge in [-0.15, -0.1) is 0 Å². The molecule has 0 saturated heterocycles. The summed E-state index contributed by atoms with van der Waals surface area (Å²) in [5, 5.41) is 8.71. The van der Waals surface area contributed by atoms with E-state index in [0.29, 0.717) is 5.56 Å². The molecule has 1 aromatic heterocycles. The maximum atomic E-state index is 12.0. The number of rotatable bonds is 2. The van der Waals surface area contributed by atoms with E-state index in [4.69, 9.17) is 5.26 Å². The average Bonchev–Trinajstić information content (AvgIpc) is 2.71. The first-order chi connectivity index (χ1) is 8.13. The van der Waals surface area contributed by atoms with Crippen LogP contribution in [0.15, 0.2) is 41.5 Å². The van der Waals surface area contributed by atoms with Crippen molar-refractivity contribution >= 4 is 0 Å². The zero-order valence-electron chi connectivity index (χ0n) is 9.79. The van der Waals surface area contributed by atoms with Crippen LogP contribution >= 0.6 is 0 Å². The molecule has 0 fully saturated rings. The molecule has 0 radical (unpaired) electrons. The Hall–Kier alpha value is -2.28. The maximum absolute atomic E-state index is 12.0. The lowest BCUT2D eigenvalue weighted by Crippen LogP contribution is -2.24. The van der Waals surface area contributed by atoms with Crippen LogP contribution in [0.25, 0.3) is 5.69 Å². The van der Waals surface area contributed by atoms with Crippen molar-refractivity contribution in [3.05, 3.63) is 52.7 Å². The van der Waals surface area contributed by atoms with E-state index in [9.17, 15) is 4.79 Å². The number of hydrogen-bond acceptors (Lipinski definition) is 2. The zero-order valence-corrected chi connectivity index (χ0v) is 9.79. The SMILES string of the molecule is CC(C)n1ccn(-c2ccc(C#N)cc2)c1=O. The van der Waals surface area contributed by atoms with E-state index in [1.54, 1.807) is 45.8 Å². The quantitative estimate of drug-likeness (QED) is 0.788. The monoisotopic (exact) mass is 227 g/mol. The van der Waals surface area contributed by atoms with Gasteiger partial charge in [-0.2, -0.15) is 5.26 Å². The Morgan fingerprint density at radius 2 is 1.82 bits per heavy atom. The van der Waals surface area contributed by atoms with Crippen LogP contribution in [0, 0.1) is 11.3 Å². The third-order valence-corrected chi connectivity index (χ3v) is 2.63. The summed E-state index contributed by atoms with van der Waals surface area (Å²) < 4.78 is 3.24. The second-order valence-corrected chi connectivity index (χ2v) is 4.11. The highest BCUT2D eigenvalue weighted by atomic mass is 16.1. The van der Waals surface area contributed by atoms with Crippen LogP contribution in [0.5, 0.6) is 0 Å². The fourth-order valence-electron chi connectivity index (χ4n) is 1.68. The fourth-order valence-corrected chi connectivity index (χ4v) is 1.68. The first-order valence-corrected chi connectivity index (χ1v) is 5.43. The van der Waals surface area contributed by atoms with Crippen LogP contribution in [-0.2, 0) is 0 Å². The highest BCUT2D eigenvalue weighted by Gasteiger charge is 2.07. The van der Waals surface area contributed by atoms with Crippen molar-refractivity contribution in [1.82, 2.24) is 9.13 Å². The van der Waals surface area contributed by atoms with Gasteiger partial charge in [-0.25, -0.2) is 4.79 Å². The topological polar surface area (TPSA) is 50.7 Å². The van der Waals surface area contributed by atoms with Gasteiger partial charge in [-0.3, -0.25) is 9.13 Å². The number of nitrogens with zero attached hydrogens (tertiary/aromatic N) is 3. The highest BCUT2D eigenvalue weighted by Crippen LogP contribution is 2.08. The predicted molar refractivity (Wildman–Crippen MR) is 65.1 cm³/mol. The lowest BCUT2D eigenvalue weighted by atomic mass is 10.2. The van der Waals surface area contributed by atoms with Crippen LogP contribution in [0.2, 0.25) is 0 Å². The normalized spacial score (nSPS) is 10.5. The van der Waals surface area contributed by atoms with Gasteiger partial charge >= 0.3 is 5.69 Å². The van der Waals surface area contributed by atoms with E-state index in [0.717, 1.165) is 5.69 Å². The van der Waals surface area contributed by atoms with E-state index >= 15 is 0 Å². The molecule has 0 atom stereocenters. The van der Waals surface area contributed by atoms with E-state index in [2.05, 4.69) is 6.07 Å². The molecule has 0 N–H and O–H groups in total. The van der Waals surface area contributed by atoms with Crippen molar-refractivity contribution in [2.45, 2.75) is 19.9 Å². The van der Waals surface area contributed by atoms with Crippen LogP contribution in [0.1, 0.15) is 25.5 Å². The first kappa shape index (κ1) is 11.2. The first-order valence-electron chi connectivity index (χ1n) is 5.43. The summed E-state index contributed by atoms with van der Waals surface area (Å²) in [6, 6.07) is 9.13. The van der Waals surface area contributed by atoms with Gasteiger partial charge in [0.1, 0.15) is 0 Å². The number of hydrogen-bond donors (Lipinski definition) is 0. The summed E-state index contributed by atoms with van der Waals surface area (Å²) in [5.74, 6) is 0. The molecule has 17 heavy (non-hydrogen) atoms. The van der Waals surface area contributed by atoms with Gasteiger partial charge in [0, 0.05) is 18.4 Å². The van der Waals surface area contributed by atoms with E-state index in [1.807, 2.05) is 13.8 Å². The summed E-state index contributed by atoms with van der Waals surface area (Å²) in [7, 11) is 0. The van der Waals surface area contributed by atoms with Crippen molar-refractivity contribution in [2.24, 2.45) is 0 Å². The van der Waals surface area contributed by atoms with Gasteiger partial charge in [-0.05, 0) is 38.1 Å². The molecule has 0 amide bonds. The van der Waals surface area contributed by atoms with E-state index < -0.39 is 0 Å². The minimum Gasteiger partial charge on any atom is -0.296 e. The van der Waals surface area contributed by atoms with Gasteiger partial charge in [0.05, 0.1) is 17.3 Å². The summed E-state index contributed by atoms with van der Waals surface area (Å²) in [4.78, 5) is 12.0. The van der Waals surface area contributed by atoms with Crippen LogP contribution < -0.4 is 5.69 Å². The van der Waals surface area contributed by atoms with Crippen LogP contribution in [-0.4, -0.2) is 9.13 Å². The van der Waals surface area contributed by atoms with Crippen molar-refractivity contribution in [2.75, 3.05) is 0 Å². The summed E-state index contributed by atoms with van der Waals surface area (Å²) in [6.07, 6.45) is 3.51. The molecule has 0 unspecified atom stereocenters. The smallest absolute Gasteiger partial charge is 0.296 e. The summed E-state index contributed by atoms with van der Waals surface area (Å²) >= 11 is 0. The second kappa shape index (κ2) is 4.30. The molecule has 0 aliphatic heterocycles. The summed E-state index contributed by atoms with van der Waals surface area (Å²) in [5.41, 5.74) is 1.29. The standard InChI is InChI=1S/C13H13N3O/c1-10(2)15-7-8-16(13(15)17)12-5-3-11(9-14)4-6-12/h3-8,10H,1-2H3. The van der Waals surface area contributed by atoms with Gasteiger partial charge in [-0.1, -0.05) is 0 Å². The van der Waals surface area contributed by atoms with Gasteiger partial charge in [0.2, 0.25) is 0 Å². The molecule has 0 bridgehead atoms. The van der Waals surface area contributed by atoms with Crippen LogP contribution in [0.4, 0.5) is 0 Å². The maximum Gasteiger partial charge on any atom is 0.332 e. The van der Waals surface area contributed by atoms with Gasteiger partial charge in [0.15, 0.2) is 0 Å². The third kappa shape index (κ3) is 2.00. The molecular formula is C13H13N3O. The van der Waals surface area contributed by atoms with Crippen LogP contribution in [0.3, 0.4) is 0 Å². The molecule has 1 aromatic carbocycles. The zero-order chi connectivity index (χ0) is 12.4. The van der Waals surface area contributed by atoms with Crippen molar-refractivity contribution in [1.29, 1.82) is 5.26 Å². The van der Waals surface area contributed by atoms with E-state index in [-0.39, 0.29) is 11.7 Å². The highest BCUT2D eigenvalue weighted by molar-refractivity contribution is 5.39. The number of imidazole rings is 1. The minimum absolute atomic E-state index is 0.0651. The molecular weight excluding hydrogens is 214 g/mol. The number of nitriles is 1. The Morgan fingerprint density at radius 1 is 1.18 bits per heavy atom. The Bertz CT molecular complexity index is 611. The number of benzene rings is 1. The average molecular weight is 227 g/mol. The minimum atomic E-state index is -0.0651. The largest absolute Gasteiger partial charge is 0.332 e. The second-order valence-electron chi connectivity index (χ2n) is 4.11. The van der Waals surface area contributed by atoms with E-state index in [1.165, 1.54) is 0 Å². The lowest BCUT2D eigenvalue weighted by Gasteiger charge is -2.04.